The predicted molar refractivity (Wildman–Crippen MR) is 98.0 cm³/mol. The minimum absolute atomic E-state index is 0.0248. The highest BCUT2D eigenvalue weighted by molar-refractivity contribution is 5.96. The summed E-state index contributed by atoms with van der Waals surface area (Å²) < 4.78 is 6.91. The Kier molecular flexibility index (Phi) is 5.71. The van der Waals surface area contributed by atoms with Gasteiger partial charge in [-0.3, -0.25) is 4.79 Å². The Morgan fingerprint density at radius 3 is 2.42 bits per heavy atom. The van der Waals surface area contributed by atoms with Gasteiger partial charge in [-0.05, 0) is 43.0 Å². The molecule has 6 heteroatoms. The number of hydrogen-bond donors (Lipinski definition) is 0. The van der Waals surface area contributed by atoms with Crippen LogP contribution < -0.4 is 0 Å². The molecule has 0 atom stereocenters. The maximum absolute atomic E-state index is 12.7. The zero-order valence-corrected chi connectivity index (χ0v) is 15.4. The number of carbonyl (C=O) groups excluding carboxylic acids is 2. The zero-order chi connectivity index (χ0) is 18.5. The van der Waals surface area contributed by atoms with Crippen molar-refractivity contribution in [2.75, 3.05) is 20.2 Å². The van der Waals surface area contributed by atoms with Gasteiger partial charge in [-0.1, -0.05) is 6.92 Å². The maximum Gasteiger partial charge on any atom is 0.337 e. The second-order valence-corrected chi connectivity index (χ2v) is 6.65. The summed E-state index contributed by atoms with van der Waals surface area (Å²) in [6.07, 6.45) is 6.82. The molecule has 0 spiro atoms. The molecular weight excluding hydrogens is 330 g/mol. The highest BCUT2D eigenvalue weighted by Gasteiger charge is 2.24. The second kappa shape index (κ2) is 8.17. The summed E-state index contributed by atoms with van der Waals surface area (Å²) in [7, 11) is 1.35. The van der Waals surface area contributed by atoms with Crippen LogP contribution in [0, 0.1) is 5.92 Å². The molecule has 0 radical (unpaired) electrons. The number of carbonyl (C=O) groups is 2. The Labute approximate surface area is 153 Å². The fourth-order valence-corrected chi connectivity index (χ4v) is 3.47. The van der Waals surface area contributed by atoms with Gasteiger partial charge >= 0.3 is 5.97 Å². The molecule has 6 nitrogen and oxygen atoms in total. The molecule has 0 saturated carbocycles. The van der Waals surface area contributed by atoms with Crippen LogP contribution >= 0.6 is 0 Å². The molecule has 1 aromatic carbocycles. The minimum Gasteiger partial charge on any atom is -0.465 e. The van der Waals surface area contributed by atoms with Crippen molar-refractivity contribution in [3.63, 3.8) is 0 Å². The Bertz CT molecular complexity index is 759. The van der Waals surface area contributed by atoms with Crippen LogP contribution in [0.25, 0.3) is 0 Å². The first kappa shape index (κ1) is 18.2. The predicted octanol–water partition coefficient (Wildman–Crippen LogP) is 2.78. The van der Waals surface area contributed by atoms with Crippen molar-refractivity contribution in [3.8, 4) is 0 Å². The van der Waals surface area contributed by atoms with Crippen molar-refractivity contribution >= 4 is 11.9 Å². The SMILES string of the molecule is CCc1nccn1CC1CCN(C(=O)c2ccc(C(=O)OC)cc2)CC1. The zero-order valence-electron chi connectivity index (χ0n) is 15.4. The van der Waals surface area contributed by atoms with E-state index in [9.17, 15) is 9.59 Å². The van der Waals surface area contributed by atoms with E-state index >= 15 is 0 Å². The Morgan fingerprint density at radius 2 is 1.81 bits per heavy atom. The lowest BCUT2D eigenvalue weighted by atomic mass is 9.96. The highest BCUT2D eigenvalue weighted by atomic mass is 16.5. The lowest BCUT2D eigenvalue weighted by Gasteiger charge is -2.32. The molecule has 1 aliphatic rings. The smallest absolute Gasteiger partial charge is 0.337 e. The number of nitrogens with zero attached hydrogens (tertiary/aromatic N) is 3. The first-order chi connectivity index (χ1) is 12.6. The van der Waals surface area contributed by atoms with E-state index in [1.165, 1.54) is 7.11 Å². The molecule has 1 amide bonds. The van der Waals surface area contributed by atoms with Crippen LogP contribution in [-0.4, -0.2) is 46.5 Å². The molecule has 26 heavy (non-hydrogen) atoms. The number of likely N-dealkylation sites (tertiary alicyclic amines) is 1. The van der Waals surface area contributed by atoms with E-state index in [2.05, 4.69) is 21.2 Å². The number of hydrogen-bond acceptors (Lipinski definition) is 4. The van der Waals surface area contributed by atoms with Crippen LogP contribution in [-0.2, 0) is 17.7 Å². The third kappa shape index (κ3) is 3.95. The summed E-state index contributed by atoms with van der Waals surface area (Å²) in [5, 5.41) is 0. The van der Waals surface area contributed by atoms with Gasteiger partial charge in [0.25, 0.3) is 5.91 Å². The molecule has 3 rings (SSSR count). The number of methoxy groups -OCH3 is 1. The van der Waals surface area contributed by atoms with E-state index in [1.807, 2.05) is 17.3 Å². The molecule has 0 bridgehead atoms. The van der Waals surface area contributed by atoms with Crippen LogP contribution in [0.3, 0.4) is 0 Å². The molecular formula is C20H25N3O3. The molecule has 1 fully saturated rings. The van der Waals surface area contributed by atoms with E-state index in [0.717, 1.165) is 44.7 Å². The van der Waals surface area contributed by atoms with Gasteiger partial charge in [0.2, 0.25) is 0 Å². The largest absolute Gasteiger partial charge is 0.465 e. The number of rotatable bonds is 5. The highest BCUT2D eigenvalue weighted by Crippen LogP contribution is 2.21. The first-order valence-corrected chi connectivity index (χ1v) is 9.10. The number of benzene rings is 1. The first-order valence-electron chi connectivity index (χ1n) is 9.10. The van der Waals surface area contributed by atoms with Gasteiger partial charge in [0.15, 0.2) is 0 Å². The number of amides is 1. The van der Waals surface area contributed by atoms with Gasteiger partial charge in [-0.25, -0.2) is 9.78 Å². The molecule has 2 aromatic rings. The van der Waals surface area contributed by atoms with Crippen molar-refractivity contribution in [3.05, 3.63) is 53.6 Å². The van der Waals surface area contributed by atoms with E-state index < -0.39 is 5.97 Å². The van der Waals surface area contributed by atoms with Crippen LogP contribution in [0.5, 0.6) is 0 Å². The van der Waals surface area contributed by atoms with Crippen molar-refractivity contribution < 1.29 is 14.3 Å². The van der Waals surface area contributed by atoms with E-state index in [1.54, 1.807) is 24.3 Å². The minimum atomic E-state index is -0.393. The molecule has 0 N–H and O–H groups in total. The number of esters is 1. The Balaban J connectivity index is 1.55. The Morgan fingerprint density at radius 1 is 1.15 bits per heavy atom. The van der Waals surface area contributed by atoms with Gasteiger partial charge in [-0.15, -0.1) is 0 Å². The quantitative estimate of drug-likeness (QED) is 0.774. The standard InChI is InChI=1S/C20H25N3O3/c1-3-18-21-10-13-23(18)14-15-8-11-22(12-9-15)19(24)16-4-6-17(7-5-16)20(25)26-2/h4-7,10,13,15H,3,8-9,11-12,14H2,1-2H3. The lowest BCUT2D eigenvalue weighted by Crippen LogP contribution is -2.39. The maximum atomic E-state index is 12.7. The summed E-state index contributed by atoms with van der Waals surface area (Å²) in [4.78, 5) is 30.4. The van der Waals surface area contributed by atoms with Crippen molar-refractivity contribution in [2.24, 2.45) is 5.92 Å². The molecule has 1 saturated heterocycles. The van der Waals surface area contributed by atoms with Gasteiger partial charge in [0.1, 0.15) is 5.82 Å². The molecule has 0 unspecified atom stereocenters. The molecule has 138 valence electrons. The van der Waals surface area contributed by atoms with Gasteiger partial charge < -0.3 is 14.2 Å². The van der Waals surface area contributed by atoms with Gasteiger partial charge in [0, 0.05) is 44.0 Å². The van der Waals surface area contributed by atoms with Crippen molar-refractivity contribution in [1.82, 2.24) is 14.5 Å². The Hall–Kier alpha value is -2.63. The fraction of sp³-hybridized carbons (Fsp3) is 0.450. The summed E-state index contributed by atoms with van der Waals surface area (Å²) in [6.45, 7) is 4.61. The normalized spacial score (nSPS) is 15.1. The average Bonchev–Trinajstić information content (AvgIpc) is 3.14. The van der Waals surface area contributed by atoms with Gasteiger partial charge in [-0.2, -0.15) is 0 Å². The van der Waals surface area contributed by atoms with Crippen LogP contribution in [0.2, 0.25) is 0 Å². The van der Waals surface area contributed by atoms with E-state index in [-0.39, 0.29) is 5.91 Å². The topological polar surface area (TPSA) is 64.4 Å². The van der Waals surface area contributed by atoms with E-state index in [4.69, 9.17) is 0 Å². The third-order valence-corrected chi connectivity index (χ3v) is 5.03. The number of aromatic nitrogens is 2. The molecule has 2 heterocycles. The molecule has 1 aliphatic heterocycles. The van der Waals surface area contributed by atoms with Crippen molar-refractivity contribution in [1.29, 1.82) is 0 Å². The number of piperidine rings is 1. The number of aryl methyl sites for hydroxylation is 1. The summed E-state index contributed by atoms with van der Waals surface area (Å²) in [5.41, 5.74) is 1.06. The third-order valence-electron chi connectivity index (χ3n) is 5.03. The fourth-order valence-electron chi connectivity index (χ4n) is 3.47. The average molecular weight is 355 g/mol. The number of imidazole rings is 1. The summed E-state index contributed by atoms with van der Waals surface area (Å²) >= 11 is 0. The summed E-state index contributed by atoms with van der Waals surface area (Å²) in [5.74, 6) is 1.32. The van der Waals surface area contributed by atoms with Crippen LogP contribution in [0.4, 0.5) is 0 Å². The van der Waals surface area contributed by atoms with Crippen LogP contribution in [0.15, 0.2) is 36.7 Å². The van der Waals surface area contributed by atoms with E-state index in [0.29, 0.717) is 17.0 Å². The van der Waals surface area contributed by atoms with Crippen LogP contribution in [0.1, 0.15) is 46.3 Å². The van der Waals surface area contributed by atoms with Gasteiger partial charge in [0.05, 0.1) is 12.7 Å². The number of ether oxygens (including phenoxy) is 1. The molecule has 1 aromatic heterocycles. The monoisotopic (exact) mass is 355 g/mol. The molecule has 0 aliphatic carbocycles. The summed E-state index contributed by atoms with van der Waals surface area (Å²) in [6, 6.07) is 6.66. The second-order valence-electron chi connectivity index (χ2n) is 6.65. The van der Waals surface area contributed by atoms with Crippen molar-refractivity contribution in [2.45, 2.75) is 32.7 Å². The lowest BCUT2D eigenvalue weighted by molar-refractivity contribution is 0.0599.